The molecule has 2 nitrogen and oxygen atoms in total. The van der Waals surface area contributed by atoms with Gasteiger partial charge in [-0.05, 0) is 20.8 Å². The van der Waals surface area contributed by atoms with Crippen molar-refractivity contribution in [1.82, 2.24) is 0 Å². The van der Waals surface area contributed by atoms with Gasteiger partial charge in [-0.3, -0.25) is 0 Å². The fourth-order valence-electron chi connectivity index (χ4n) is 0.671. The van der Waals surface area contributed by atoms with Crippen LogP contribution in [0, 0.1) is 0 Å². The van der Waals surface area contributed by atoms with Crippen LogP contribution in [0.3, 0.4) is 0 Å². The summed E-state index contributed by atoms with van der Waals surface area (Å²) in [4.78, 5) is 0. The molecular weight excluding hydrogens is 136 g/mol. The number of rotatable bonds is 3. The Bertz CT molecular complexity index is 53.8. The lowest BCUT2D eigenvalue weighted by molar-refractivity contribution is -0.935. The van der Waals surface area contributed by atoms with E-state index in [9.17, 15) is 0 Å². The molecule has 2 N–H and O–H groups in total. The quantitative estimate of drug-likeness (QED) is 0.276. The number of quaternary nitrogens is 1. The second-order valence-electron chi connectivity index (χ2n) is 2.17. The highest BCUT2D eigenvalue weighted by atomic mass is 35.5. The third kappa shape index (κ3) is 3.73. The normalized spacial score (nSPS) is 10.7. The molecule has 0 radical (unpaired) electrons. The molecule has 0 aromatic heterocycles. The fourth-order valence-corrected chi connectivity index (χ4v) is 0.671. The van der Waals surface area contributed by atoms with Gasteiger partial charge in [0.1, 0.15) is 0 Å². The van der Waals surface area contributed by atoms with Crippen LogP contribution in [-0.2, 0) is 0 Å². The van der Waals surface area contributed by atoms with Crippen LogP contribution in [0.25, 0.3) is 0 Å². The topological polar surface area (TPSA) is 26.0 Å². The first-order valence-electron chi connectivity index (χ1n) is 3.33. The Hall–Kier alpha value is 0.210. The molecule has 0 atom stereocenters. The molecule has 0 aliphatic rings. The fraction of sp³-hybridized carbons (Fsp3) is 1.00. The molecule has 0 amide bonds. The number of hydrogen-bond acceptors (Lipinski definition) is 1. The molecule has 3 heteroatoms. The smallest absolute Gasteiger partial charge is 0.0931 e. The molecule has 9 heavy (non-hydrogen) atoms. The third-order valence-corrected chi connectivity index (χ3v) is 1.89. The molecule has 0 saturated carbocycles. The molecule has 0 aliphatic heterocycles. The number of hydrogen-bond donors (Lipinski definition) is 1. The zero-order chi connectivity index (χ0) is 6.62. The predicted octanol–water partition coefficient (Wildman–Crippen LogP) is -2.26. The Morgan fingerprint density at radius 2 is 1.22 bits per heavy atom. The van der Waals surface area contributed by atoms with Gasteiger partial charge in [-0.1, -0.05) is 0 Å². The number of halogens is 1. The van der Waals surface area contributed by atoms with Crippen LogP contribution in [-0.4, -0.2) is 24.2 Å². The second-order valence-corrected chi connectivity index (χ2v) is 2.17. The summed E-state index contributed by atoms with van der Waals surface area (Å²) in [5, 5.41) is 0. The first-order chi connectivity index (χ1) is 3.68. The molecule has 0 bridgehead atoms. The maximum atomic E-state index is 5.83. The molecule has 0 rings (SSSR count). The van der Waals surface area contributed by atoms with Gasteiger partial charge in [0.25, 0.3) is 0 Å². The molecular formula is C6H17ClN2. The molecule has 0 aromatic carbocycles. The van der Waals surface area contributed by atoms with Gasteiger partial charge in [-0.2, -0.15) is 5.84 Å². The van der Waals surface area contributed by atoms with Gasteiger partial charge in [0.2, 0.25) is 0 Å². The highest BCUT2D eigenvalue weighted by molar-refractivity contribution is 4.22. The van der Waals surface area contributed by atoms with Crippen molar-refractivity contribution in [2.75, 3.05) is 19.6 Å². The lowest BCUT2D eigenvalue weighted by Gasteiger charge is -2.28. The summed E-state index contributed by atoms with van der Waals surface area (Å²) in [6, 6.07) is 0. The number of nitrogens with two attached hydrogens (primary N) is 1. The maximum Gasteiger partial charge on any atom is 0.0931 e. The van der Waals surface area contributed by atoms with Crippen molar-refractivity contribution in [2.45, 2.75) is 20.8 Å². The van der Waals surface area contributed by atoms with Crippen LogP contribution in [0.15, 0.2) is 0 Å². The zero-order valence-corrected chi connectivity index (χ0v) is 7.28. The van der Waals surface area contributed by atoms with Crippen molar-refractivity contribution in [1.29, 1.82) is 0 Å². The minimum atomic E-state index is 0. The lowest BCUT2D eigenvalue weighted by atomic mass is 10.5. The lowest BCUT2D eigenvalue weighted by Crippen LogP contribution is -3.00. The summed E-state index contributed by atoms with van der Waals surface area (Å²) < 4.78 is 0.708. The van der Waals surface area contributed by atoms with E-state index >= 15 is 0 Å². The Balaban J connectivity index is 0. The first kappa shape index (κ1) is 11.9. The molecule has 0 aliphatic carbocycles. The van der Waals surface area contributed by atoms with Crippen molar-refractivity contribution < 1.29 is 17.0 Å². The SMILES string of the molecule is CC[N+](N)(CC)CC.[Cl-]. The summed E-state index contributed by atoms with van der Waals surface area (Å²) in [5.74, 6) is 5.83. The van der Waals surface area contributed by atoms with Crippen molar-refractivity contribution in [3.8, 4) is 0 Å². The van der Waals surface area contributed by atoms with Crippen LogP contribution in [0.1, 0.15) is 20.8 Å². The summed E-state index contributed by atoms with van der Waals surface area (Å²) in [6.07, 6.45) is 0. The van der Waals surface area contributed by atoms with Crippen LogP contribution in [0.2, 0.25) is 0 Å². The van der Waals surface area contributed by atoms with E-state index in [0.717, 1.165) is 19.6 Å². The van der Waals surface area contributed by atoms with Crippen molar-refractivity contribution >= 4 is 0 Å². The van der Waals surface area contributed by atoms with Gasteiger partial charge in [0.15, 0.2) is 0 Å². The summed E-state index contributed by atoms with van der Waals surface area (Å²) in [6.45, 7) is 9.46. The van der Waals surface area contributed by atoms with Crippen LogP contribution in [0.5, 0.6) is 0 Å². The molecule has 0 spiro atoms. The maximum absolute atomic E-state index is 5.83. The Morgan fingerprint density at radius 1 is 1.00 bits per heavy atom. The van der Waals surface area contributed by atoms with E-state index in [0.29, 0.717) is 4.59 Å². The molecule has 0 saturated heterocycles. The van der Waals surface area contributed by atoms with E-state index in [2.05, 4.69) is 20.8 Å². The summed E-state index contributed by atoms with van der Waals surface area (Å²) >= 11 is 0. The largest absolute Gasteiger partial charge is 1.00 e. The summed E-state index contributed by atoms with van der Waals surface area (Å²) in [5.41, 5.74) is 0. The van der Waals surface area contributed by atoms with Crippen molar-refractivity contribution in [2.24, 2.45) is 5.84 Å². The van der Waals surface area contributed by atoms with Crippen LogP contribution < -0.4 is 18.2 Å². The zero-order valence-electron chi connectivity index (χ0n) is 6.52. The number of nitrogens with zero attached hydrogens (tertiary/aromatic N) is 1. The van der Waals surface area contributed by atoms with Crippen molar-refractivity contribution in [3.63, 3.8) is 0 Å². The van der Waals surface area contributed by atoms with Gasteiger partial charge in [0.05, 0.1) is 19.6 Å². The van der Waals surface area contributed by atoms with Crippen LogP contribution in [0.4, 0.5) is 0 Å². The van der Waals surface area contributed by atoms with Gasteiger partial charge in [-0.15, -0.1) is 0 Å². The first-order valence-corrected chi connectivity index (χ1v) is 3.33. The van der Waals surface area contributed by atoms with Crippen LogP contribution >= 0.6 is 0 Å². The van der Waals surface area contributed by atoms with Crippen molar-refractivity contribution in [3.05, 3.63) is 0 Å². The highest BCUT2D eigenvalue weighted by Gasteiger charge is 2.12. The average Bonchev–Trinajstić information content (AvgIpc) is 1.87. The van der Waals surface area contributed by atoms with Gasteiger partial charge in [-0.25, -0.2) is 4.59 Å². The average molecular weight is 153 g/mol. The van der Waals surface area contributed by atoms with E-state index in [-0.39, 0.29) is 12.4 Å². The van der Waals surface area contributed by atoms with E-state index in [1.807, 2.05) is 0 Å². The van der Waals surface area contributed by atoms with E-state index in [4.69, 9.17) is 5.84 Å². The monoisotopic (exact) mass is 152 g/mol. The molecule has 0 fully saturated rings. The second kappa shape index (κ2) is 5.03. The Morgan fingerprint density at radius 3 is 1.22 bits per heavy atom. The molecule has 58 valence electrons. The minimum Gasteiger partial charge on any atom is -1.00 e. The van der Waals surface area contributed by atoms with E-state index < -0.39 is 0 Å². The predicted molar refractivity (Wildman–Crippen MR) is 36.1 cm³/mol. The third-order valence-electron chi connectivity index (χ3n) is 1.89. The standard InChI is InChI=1S/C6H17N2.ClH/c1-4-8(7,5-2)6-3;/h4-7H2,1-3H3;1H/q+1;/p-1. The van der Waals surface area contributed by atoms with Gasteiger partial charge in [0, 0.05) is 0 Å². The summed E-state index contributed by atoms with van der Waals surface area (Å²) in [7, 11) is 0. The molecule has 0 aromatic rings. The Kier molecular flexibility index (Phi) is 6.68. The Labute approximate surface area is 64.0 Å². The van der Waals surface area contributed by atoms with Gasteiger partial charge < -0.3 is 12.4 Å². The van der Waals surface area contributed by atoms with E-state index in [1.165, 1.54) is 0 Å². The molecule has 0 unspecified atom stereocenters. The van der Waals surface area contributed by atoms with Gasteiger partial charge >= 0.3 is 0 Å². The highest BCUT2D eigenvalue weighted by Crippen LogP contribution is 1.92. The van der Waals surface area contributed by atoms with E-state index in [1.54, 1.807) is 0 Å². The minimum absolute atomic E-state index is 0. The molecule has 0 heterocycles.